The summed E-state index contributed by atoms with van der Waals surface area (Å²) >= 11 is 0. The summed E-state index contributed by atoms with van der Waals surface area (Å²) in [5.74, 6) is 0.888. The van der Waals surface area contributed by atoms with Gasteiger partial charge in [-0.1, -0.05) is 19.4 Å². The molecule has 0 aromatic heterocycles. The second-order valence-corrected chi connectivity index (χ2v) is 5.42. The molecule has 0 fully saturated rings. The van der Waals surface area contributed by atoms with Crippen molar-refractivity contribution in [1.29, 1.82) is 0 Å². The maximum absolute atomic E-state index is 13.3. The average Bonchev–Trinajstić information content (AvgIpc) is 2.65. The van der Waals surface area contributed by atoms with Gasteiger partial charge in [-0.05, 0) is 37.8 Å². The number of ether oxygens (including phenoxy) is 1. The minimum Gasteiger partial charge on any atom is -0.493 e. The number of aliphatic hydroxyl groups is 1. The van der Waals surface area contributed by atoms with E-state index < -0.39 is 0 Å². The Labute approximate surface area is 120 Å². The summed E-state index contributed by atoms with van der Waals surface area (Å²) in [5.41, 5.74) is 1.04. The van der Waals surface area contributed by atoms with Crippen LogP contribution in [-0.2, 0) is 0 Å². The largest absolute Gasteiger partial charge is 0.493 e. The van der Waals surface area contributed by atoms with Crippen LogP contribution in [0.5, 0.6) is 5.75 Å². The molecule has 4 heteroatoms. The standard InChI is InChI=1S/C16H24FNO2/c1-2-12(7-8-19)11-18-15-4-3-9-20-16-10-13(17)5-6-14(15)16/h5-6,10,12,15,18-19H,2-4,7-9,11H2,1H3/t12-,15-/m1/s1. The predicted molar refractivity (Wildman–Crippen MR) is 77.4 cm³/mol. The number of benzene rings is 1. The van der Waals surface area contributed by atoms with Crippen LogP contribution in [0.15, 0.2) is 18.2 Å². The van der Waals surface area contributed by atoms with Crippen LogP contribution in [0.25, 0.3) is 0 Å². The zero-order chi connectivity index (χ0) is 14.4. The van der Waals surface area contributed by atoms with E-state index in [9.17, 15) is 4.39 Å². The van der Waals surface area contributed by atoms with Crippen LogP contribution in [0.1, 0.15) is 44.2 Å². The number of aliphatic hydroxyl groups excluding tert-OH is 1. The minimum absolute atomic E-state index is 0.209. The summed E-state index contributed by atoms with van der Waals surface area (Å²) in [7, 11) is 0. The molecular formula is C16H24FNO2. The molecule has 1 aliphatic heterocycles. The Bertz CT molecular complexity index is 425. The molecule has 2 N–H and O–H groups in total. The molecule has 1 heterocycles. The van der Waals surface area contributed by atoms with Gasteiger partial charge in [0.05, 0.1) is 6.61 Å². The van der Waals surface area contributed by atoms with E-state index in [4.69, 9.17) is 9.84 Å². The molecule has 1 aromatic rings. The molecule has 0 radical (unpaired) electrons. The third-order valence-corrected chi connectivity index (χ3v) is 4.01. The van der Waals surface area contributed by atoms with Crippen molar-refractivity contribution in [2.24, 2.45) is 5.92 Å². The van der Waals surface area contributed by atoms with Crippen LogP contribution in [-0.4, -0.2) is 24.9 Å². The monoisotopic (exact) mass is 281 g/mol. The lowest BCUT2D eigenvalue weighted by molar-refractivity contribution is 0.247. The van der Waals surface area contributed by atoms with Gasteiger partial charge in [0.2, 0.25) is 0 Å². The fraction of sp³-hybridized carbons (Fsp3) is 0.625. The SMILES string of the molecule is CC[C@H](CCO)CN[C@@H]1CCCOc2cc(F)ccc21. The van der Waals surface area contributed by atoms with Gasteiger partial charge in [-0.15, -0.1) is 0 Å². The number of halogens is 1. The molecule has 0 saturated heterocycles. The van der Waals surface area contributed by atoms with Gasteiger partial charge in [0.25, 0.3) is 0 Å². The van der Waals surface area contributed by atoms with E-state index >= 15 is 0 Å². The fourth-order valence-corrected chi connectivity index (χ4v) is 2.70. The van der Waals surface area contributed by atoms with E-state index in [1.165, 1.54) is 12.1 Å². The molecule has 0 unspecified atom stereocenters. The Morgan fingerprint density at radius 3 is 3.10 bits per heavy atom. The van der Waals surface area contributed by atoms with Gasteiger partial charge in [-0.25, -0.2) is 4.39 Å². The molecule has 112 valence electrons. The summed E-state index contributed by atoms with van der Waals surface area (Å²) in [5, 5.41) is 12.6. The topological polar surface area (TPSA) is 41.5 Å². The first kappa shape index (κ1) is 15.3. The molecule has 2 rings (SSSR count). The highest BCUT2D eigenvalue weighted by Crippen LogP contribution is 2.32. The molecule has 2 atom stereocenters. The zero-order valence-electron chi connectivity index (χ0n) is 12.1. The van der Waals surface area contributed by atoms with Gasteiger partial charge in [-0.2, -0.15) is 0 Å². The Morgan fingerprint density at radius 2 is 2.35 bits per heavy atom. The van der Waals surface area contributed by atoms with Crippen LogP contribution < -0.4 is 10.1 Å². The predicted octanol–water partition coefficient (Wildman–Crippen LogP) is 3.04. The second kappa shape index (κ2) is 7.60. The van der Waals surface area contributed by atoms with Crippen molar-refractivity contribution in [3.8, 4) is 5.75 Å². The van der Waals surface area contributed by atoms with Crippen LogP contribution in [0, 0.1) is 11.7 Å². The first-order chi connectivity index (χ1) is 9.74. The quantitative estimate of drug-likeness (QED) is 0.842. The van der Waals surface area contributed by atoms with Crippen LogP contribution in [0.2, 0.25) is 0 Å². The number of hydrogen-bond donors (Lipinski definition) is 2. The molecule has 20 heavy (non-hydrogen) atoms. The van der Waals surface area contributed by atoms with Gasteiger partial charge in [0.15, 0.2) is 0 Å². The Balaban J connectivity index is 2.04. The van der Waals surface area contributed by atoms with Crippen molar-refractivity contribution in [3.05, 3.63) is 29.6 Å². The molecular weight excluding hydrogens is 257 g/mol. The number of rotatable bonds is 6. The van der Waals surface area contributed by atoms with Crippen molar-refractivity contribution in [2.45, 2.75) is 38.6 Å². The smallest absolute Gasteiger partial charge is 0.126 e. The number of fused-ring (bicyclic) bond motifs is 1. The van der Waals surface area contributed by atoms with E-state index in [0.717, 1.165) is 37.8 Å². The summed E-state index contributed by atoms with van der Waals surface area (Å²) in [6.07, 6.45) is 3.83. The van der Waals surface area contributed by atoms with Crippen molar-refractivity contribution in [2.75, 3.05) is 19.8 Å². The highest BCUT2D eigenvalue weighted by Gasteiger charge is 2.20. The third-order valence-electron chi connectivity index (χ3n) is 4.01. The van der Waals surface area contributed by atoms with Crippen LogP contribution in [0.4, 0.5) is 4.39 Å². The summed E-state index contributed by atoms with van der Waals surface area (Å²) in [6.45, 7) is 3.89. The highest BCUT2D eigenvalue weighted by atomic mass is 19.1. The summed E-state index contributed by atoms with van der Waals surface area (Å²) in [4.78, 5) is 0. The first-order valence-corrected chi connectivity index (χ1v) is 7.51. The lowest BCUT2D eigenvalue weighted by atomic mass is 9.99. The fourth-order valence-electron chi connectivity index (χ4n) is 2.70. The van der Waals surface area contributed by atoms with Crippen molar-refractivity contribution < 1.29 is 14.2 Å². The number of nitrogens with one attached hydrogen (secondary N) is 1. The van der Waals surface area contributed by atoms with Gasteiger partial charge in [-0.3, -0.25) is 0 Å². The maximum atomic E-state index is 13.3. The Hall–Kier alpha value is -1.13. The van der Waals surface area contributed by atoms with E-state index in [-0.39, 0.29) is 18.5 Å². The summed E-state index contributed by atoms with van der Waals surface area (Å²) < 4.78 is 18.9. The normalized spacial score (nSPS) is 19.9. The van der Waals surface area contributed by atoms with Gasteiger partial charge in [0.1, 0.15) is 11.6 Å². The molecule has 0 spiro atoms. The van der Waals surface area contributed by atoms with Crippen molar-refractivity contribution in [3.63, 3.8) is 0 Å². The van der Waals surface area contributed by atoms with E-state index in [2.05, 4.69) is 12.2 Å². The Kier molecular flexibility index (Phi) is 5.80. The zero-order valence-corrected chi connectivity index (χ0v) is 12.1. The van der Waals surface area contributed by atoms with Crippen LogP contribution >= 0.6 is 0 Å². The Morgan fingerprint density at radius 1 is 1.50 bits per heavy atom. The van der Waals surface area contributed by atoms with Gasteiger partial charge < -0.3 is 15.2 Å². The minimum atomic E-state index is -0.254. The molecule has 0 bridgehead atoms. The maximum Gasteiger partial charge on any atom is 0.126 e. The lowest BCUT2D eigenvalue weighted by Gasteiger charge is -2.22. The molecule has 0 aliphatic carbocycles. The summed E-state index contributed by atoms with van der Waals surface area (Å²) in [6, 6.07) is 5.00. The average molecular weight is 281 g/mol. The third kappa shape index (κ3) is 3.93. The lowest BCUT2D eigenvalue weighted by Crippen LogP contribution is -2.27. The molecule has 3 nitrogen and oxygen atoms in total. The van der Waals surface area contributed by atoms with Crippen molar-refractivity contribution in [1.82, 2.24) is 5.32 Å². The molecule has 1 aromatic carbocycles. The second-order valence-electron chi connectivity index (χ2n) is 5.42. The van der Waals surface area contributed by atoms with Crippen LogP contribution in [0.3, 0.4) is 0 Å². The molecule has 1 aliphatic rings. The highest BCUT2D eigenvalue weighted by molar-refractivity contribution is 5.37. The molecule has 0 saturated carbocycles. The first-order valence-electron chi connectivity index (χ1n) is 7.51. The van der Waals surface area contributed by atoms with E-state index in [1.54, 1.807) is 0 Å². The van der Waals surface area contributed by atoms with E-state index in [0.29, 0.717) is 18.3 Å². The van der Waals surface area contributed by atoms with Crippen molar-refractivity contribution >= 4 is 0 Å². The van der Waals surface area contributed by atoms with Gasteiger partial charge in [0, 0.05) is 24.3 Å². The van der Waals surface area contributed by atoms with E-state index in [1.807, 2.05) is 6.07 Å². The number of hydrogen-bond acceptors (Lipinski definition) is 3. The molecule has 0 amide bonds. The van der Waals surface area contributed by atoms with Gasteiger partial charge >= 0.3 is 0 Å².